The zero-order valence-corrected chi connectivity index (χ0v) is 12.2. The van der Waals surface area contributed by atoms with Crippen LogP contribution in [0.25, 0.3) is 0 Å². The maximum atomic E-state index is 9.68. The maximum Gasteiger partial charge on any atom is 0.242 e. The predicted molar refractivity (Wildman–Crippen MR) is 78.7 cm³/mol. The first kappa shape index (κ1) is 14.8. The van der Waals surface area contributed by atoms with Gasteiger partial charge < -0.3 is 20.9 Å². The molecule has 4 N–H and O–H groups in total. The molecular weight excluding hydrogens is 256 g/mol. The van der Waals surface area contributed by atoms with E-state index in [1.54, 1.807) is 0 Å². The minimum atomic E-state index is -0.168. The fraction of sp³-hybridized carbons (Fsp3) is 0.714. The van der Waals surface area contributed by atoms with E-state index in [1.165, 1.54) is 6.33 Å². The van der Waals surface area contributed by atoms with Gasteiger partial charge in [-0.05, 0) is 39.0 Å². The van der Waals surface area contributed by atoms with Crippen LogP contribution in [0.1, 0.15) is 39.5 Å². The Balaban J connectivity index is 1.95. The highest BCUT2D eigenvalue weighted by atomic mass is 16.5. The predicted octanol–water partition coefficient (Wildman–Crippen LogP) is 1.81. The number of rotatable bonds is 5. The standard InChI is InChI=1S/C14H24N4O2/c1-9(2)20-14-12(15)13(17-8-18-14)16-7-10-4-3-5-11(19)6-10/h8-11,19H,3-7,15H2,1-2H3,(H,16,17,18). The lowest BCUT2D eigenvalue weighted by Crippen LogP contribution is -2.25. The average molecular weight is 280 g/mol. The van der Waals surface area contributed by atoms with E-state index < -0.39 is 0 Å². The summed E-state index contributed by atoms with van der Waals surface area (Å²) >= 11 is 0. The molecule has 112 valence electrons. The van der Waals surface area contributed by atoms with Crippen molar-refractivity contribution in [2.45, 2.75) is 51.7 Å². The van der Waals surface area contributed by atoms with Crippen LogP contribution in [0.2, 0.25) is 0 Å². The van der Waals surface area contributed by atoms with Gasteiger partial charge in [0, 0.05) is 6.54 Å². The van der Waals surface area contributed by atoms with Crippen LogP contribution in [0.4, 0.5) is 11.5 Å². The monoisotopic (exact) mass is 280 g/mol. The molecule has 6 heteroatoms. The molecule has 1 aliphatic rings. The lowest BCUT2D eigenvalue weighted by atomic mass is 9.87. The second-order valence-electron chi connectivity index (χ2n) is 5.68. The summed E-state index contributed by atoms with van der Waals surface area (Å²) < 4.78 is 5.54. The molecule has 2 unspecified atom stereocenters. The number of nitrogen functional groups attached to an aromatic ring is 1. The summed E-state index contributed by atoms with van der Waals surface area (Å²) in [5, 5.41) is 12.9. The summed E-state index contributed by atoms with van der Waals surface area (Å²) in [6.07, 6.45) is 5.27. The fourth-order valence-corrected chi connectivity index (χ4v) is 2.53. The van der Waals surface area contributed by atoms with Gasteiger partial charge in [-0.1, -0.05) is 6.42 Å². The van der Waals surface area contributed by atoms with Crippen molar-refractivity contribution < 1.29 is 9.84 Å². The number of aromatic nitrogens is 2. The molecule has 2 atom stereocenters. The van der Waals surface area contributed by atoms with E-state index in [4.69, 9.17) is 10.5 Å². The van der Waals surface area contributed by atoms with Crippen LogP contribution in [0, 0.1) is 5.92 Å². The summed E-state index contributed by atoms with van der Waals surface area (Å²) in [6, 6.07) is 0. The summed E-state index contributed by atoms with van der Waals surface area (Å²) in [5.74, 6) is 1.49. The average Bonchev–Trinajstić information content (AvgIpc) is 2.39. The molecule has 1 fully saturated rings. The quantitative estimate of drug-likeness (QED) is 0.761. The van der Waals surface area contributed by atoms with Gasteiger partial charge in [-0.3, -0.25) is 0 Å². The normalized spacial score (nSPS) is 22.8. The summed E-state index contributed by atoms with van der Waals surface area (Å²) in [5.41, 5.74) is 6.45. The molecule has 0 aliphatic heterocycles. The van der Waals surface area contributed by atoms with Gasteiger partial charge in [0.2, 0.25) is 5.88 Å². The Morgan fingerprint density at radius 2 is 2.25 bits per heavy atom. The van der Waals surface area contributed by atoms with Crippen LogP contribution in [0.5, 0.6) is 5.88 Å². The number of hydrogen-bond donors (Lipinski definition) is 3. The van der Waals surface area contributed by atoms with Crippen molar-refractivity contribution in [3.8, 4) is 5.88 Å². The van der Waals surface area contributed by atoms with Crippen molar-refractivity contribution in [2.24, 2.45) is 5.92 Å². The van der Waals surface area contributed by atoms with Crippen molar-refractivity contribution in [1.29, 1.82) is 0 Å². The van der Waals surface area contributed by atoms with Crippen molar-refractivity contribution in [3.05, 3.63) is 6.33 Å². The first-order chi connectivity index (χ1) is 9.56. The van der Waals surface area contributed by atoms with E-state index in [0.29, 0.717) is 23.3 Å². The number of nitrogens with zero attached hydrogens (tertiary/aromatic N) is 2. The van der Waals surface area contributed by atoms with Gasteiger partial charge in [-0.15, -0.1) is 0 Å². The number of anilines is 2. The largest absolute Gasteiger partial charge is 0.473 e. The molecule has 0 amide bonds. The topological polar surface area (TPSA) is 93.3 Å². The van der Waals surface area contributed by atoms with E-state index in [9.17, 15) is 5.11 Å². The van der Waals surface area contributed by atoms with E-state index in [2.05, 4.69) is 15.3 Å². The summed E-state index contributed by atoms with van der Waals surface area (Å²) in [6.45, 7) is 4.62. The number of hydrogen-bond acceptors (Lipinski definition) is 6. The number of ether oxygens (including phenoxy) is 1. The molecule has 0 aromatic carbocycles. The molecular formula is C14H24N4O2. The fourth-order valence-electron chi connectivity index (χ4n) is 2.53. The van der Waals surface area contributed by atoms with E-state index in [1.807, 2.05) is 13.8 Å². The van der Waals surface area contributed by atoms with Gasteiger partial charge in [-0.2, -0.15) is 4.98 Å². The Bertz CT molecular complexity index is 439. The minimum absolute atomic E-state index is 0.0218. The first-order valence-electron chi connectivity index (χ1n) is 7.25. The number of nitrogens with two attached hydrogens (primary N) is 1. The zero-order chi connectivity index (χ0) is 14.5. The van der Waals surface area contributed by atoms with Crippen LogP contribution >= 0.6 is 0 Å². The number of nitrogens with one attached hydrogen (secondary N) is 1. The van der Waals surface area contributed by atoms with Crippen LogP contribution in [-0.2, 0) is 0 Å². The van der Waals surface area contributed by atoms with Crippen LogP contribution in [-0.4, -0.2) is 33.8 Å². The Labute approximate surface area is 119 Å². The highest BCUT2D eigenvalue weighted by molar-refractivity contribution is 5.66. The SMILES string of the molecule is CC(C)Oc1ncnc(NCC2CCCC(O)C2)c1N. The molecule has 0 saturated heterocycles. The summed E-state index contributed by atoms with van der Waals surface area (Å²) in [7, 11) is 0. The van der Waals surface area contributed by atoms with Gasteiger partial charge in [-0.25, -0.2) is 4.98 Å². The Hall–Kier alpha value is -1.56. The van der Waals surface area contributed by atoms with Crippen LogP contribution in [0.15, 0.2) is 6.33 Å². The lowest BCUT2D eigenvalue weighted by molar-refractivity contribution is 0.104. The number of aliphatic hydroxyl groups excluding tert-OH is 1. The van der Waals surface area contributed by atoms with Gasteiger partial charge in [0.15, 0.2) is 5.82 Å². The lowest BCUT2D eigenvalue weighted by Gasteiger charge is -2.26. The smallest absolute Gasteiger partial charge is 0.242 e. The molecule has 0 radical (unpaired) electrons. The zero-order valence-electron chi connectivity index (χ0n) is 12.2. The second-order valence-corrected chi connectivity index (χ2v) is 5.68. The molecule has 1 saturated carbocycles. The first-order valence-corrected chi connectivity index (χ1v) is 7.25. The minimum Gasteiger partial charge on any atom is -0.473 e. The Morgan fingerprint density at radius 3 is 2.95 bits per heavy atom. The molecule has 20 heavy (non-hydrogen) atoms. The van der Waals surface area contributed by atoms with Gasteiger partial charge in [0.05, 0.1) is 12.2 Å². The molecule has 1 heterocycles. The van der Waals surface area contributed by atoms with Gasteiger partial charge in [0.1, 0.15) is 12.0 Å². The van der Waals surface area contributed by atoms with E-state index in [-0.39, 0.29) is 12.2 Å². The molecule has 1 aromatic rings. The molecule has 2 rings (SSSR count). The Morgan fingerprint density at radius 1 is 1.45 bits per heavy atom. The van der Waals surface area contributed by atoms with Crippen molar-refractivity contribution >= 4 is 11.5 Å². The highest BCUT2D eigenvalue weighted by Crippen LogP contribution is 2.28. The highest BCUT2D eigenvalue weighted by Gasteiger charge is 2.20. The van der Waals surface area contributed by atoms with E-state index in [0.717, 1.165) is 32.2 Å². The number of aliphatic hydroxyl groups is 1. The van der Waals surface area contributed by atoms with Crippen molar-refractivity contribution in [2.75, 3.05) is 17.6 Å². The van der Waals surface area contributed by atoms with Crippen molar-refractivity contribution in [3.63, 3.8) is 0 Å². The molecule has 1 aromatic heterocycles. The molecule has 0 bridgehead atoms. The third kappa shape index (κ3) is 3.96. The third-order valence-electron chi connectivity index (χ3n) is 3.51. The molecule has 0 spiro atoms. The van der Waals surface area contributed by atoms with Gasteiger partial charge >= 0.3 is 0 Å². The van der Waals surface area contributed by atoms with Crippen molar-refractivity contribution in [1.82, 2.24) is 9.97 Å². The third-order valence-corrected chi connectivity index (χ3v) is 3.51. The van der Waals surface area contributed by atoms with E-state index >= 15 is 0 Å². The second kappa shape index (κ2) is 6.74. The van der Waals surface area contributed by atoms with Gasteiger partial charge in [0.25, 0.3) is 0 Å². The molecule has 6 nitrogen and oxygen atoms in total. The summed E-state index contributed by atoms with van der Waals surface area (Å²) in [4.78, 5) is 8.21. The van der Waals surface area contributed by atoms with Crippen LogP contribution < -0.4 is 15.8 Å². The maximum absolute atomic E-state index is 9.68. The van der Waals surface area contributed by atoms with Crippen LogP contribution in [0.3, 0.4) is 0 Å². The molecule has 1 aliphatic carbocycles. The Kier molecular flexibility index (Phi) is 5.00.